The second-order valence-electron chi connectivity index (χ2n) is 8.75. The number of thiazole rings is 1. The first-order valence-electron chi connectivity index (χ1n) is 12.3. The molecule has 1 aromatic carbocycles. The molecule has 5 rings (SSSR count). The predicted octanol–water partition coefficient (Wildman–Crippen LogP) is 6.07. The van der Waals surface area contributed by atoms with Crippen molar-refractivity contribution in [2.75, 3.05) is 31.1 Å². The maximum atomic E-state index is 13.4. The number of benzene rings is 1. The second kappa shape index (κ2) is 11.4. The Labute approximate surface area is 218 Å². The number of rotatable bonds is 9. The van der Waals surface area contributed by atoms with Crippen LogP contribution in [0.2, 0.25) is 0 Å². The van der Waals surface area contributed by atoms with Gasteiger partial charge in [0.1, 0.15) is 17.3 Å². The number of aromatic nitrogens is 1. The van der Waals surface area contributed by atoms with E-state index < -0.39 is 0 Å². The largest absolute Gasteiger partial charge is 0.465 e. The summed E-state index contributed by atoms with van der Waals surface area (Å²) < 4.78 is 11.3. The van der Waals surface area contributed by atoms with Gasteiger partial charge in [-0.05, 0) is 56.3 Å². The number of amides is 1. The Morgan fingerprint density at radius 2 is 2.08 bits per heavy atom. The monoisotopic (exact) mass is 523 g/mol. The lowest BCUT2D eigenvalue weighted by atomic mass is 10.0. The van der Waals surface area contributed by atoms with Crippen LogP contribution in [-0.2, 0) is 9.53 Å². The molecule has 1 saturated heterocycles. The summed E-state index contributed by atoms with van der Waals surface area (Å²) in [6.45, 7) is 4.34. The highest BCUT2D eigenvalue weighted by Gasteiger charge is 2.30. The number of likely N-dealkylation sites (tertiary alicyclic amines) is 1. The molecular weight excluding hydrogens is 494 g/mol. The van der Waals surface area contributed by atoms with Crippen molar-refractivity contribution in [2.45, 2.75) is 38.6 Å². The minimum atomic E-state index is -0.195. The van der Waals surface area contributed by atoms with Crippen LogP contribution in [0.3, 0.4) is 0 Å². The lowest BCUT2D eigenvalue weighted by Gasteiger charge is -2.34. The Hall–Kier alpha value is -3.01. The van der Waals surface area contributed by atoms with Crippen LogP contribution in [0, 0.1) is 0 Å². The molecule has 3 aromatic heterocycles. The summed E-state index contributed by atoms with van der Waals surface area (Å²) in [6, 6.07) is 13.4. The van der Waals surface area contributed by atoms with Crippen molar-refractivity contribution in [2.24, 2.45) is 0 Å². The third kappa shape index (κ3) is 5.38. The highest BCUT2D eigenvalue weighted by molar-refractivity contribution is 7.14. The lowest BCUT2D eigenvalue weighted by Crippen LogP contribution is -2.46. The van der Waals surface area contributed by atoms with Crippen LogP contribution < -0.4 is 4.90 Å². The van der Waals surface area contributed by atoms with Crippen LogP contribution >= 0.6 is 22.7 Å². The maximum absolute atomic E-state index is 13.4. The molecule has 188 valence electrons. The summed E-state index contributed by atoms with van der Waals surface area (Å²) in [7, 11) is 0. The molecule has 0 spiro atoms. The minimum Gasteiger partial charge on any atom is -0.465 e. The van der Waals surface area contributed by atoms with E-state index in [2.05, 4.69) is 4.90 Å². The summed E-state index contributed by atoms with van der Waals surface area (Å²) in [4.78, 5) is 35.3. The molecule has 0 bridgehead atoms. The van der Waals surface area contributed by atoms with Gasteiger partial charge in [0.25, 0.3) is 5.91 Å². The van der Waals surface area contributed by atoms with E-state index in [1.54, 1.807) is 4.90 Å². The topological polar surface area (TPSA) is 75.9 Å². The third-order valence-corrected chi connectivity index (χ3v) is 8.10. The minimum absolute atomic E-state index is 0.0592. The molecule has 0 aliphatic carbocycles. The molecule has 1 fully saturated rings. The number of carbonyl (C=O) groups is 2. The highest BCUT2D eigenvalue weighted by atomic mass is 32.1. The first-order valence-corrected chi connectivity index (χ1v) is 14.1. The summed E-state index contributed by atoms with van der Waals surface area (Å²) in [5, 5.41) is 5.50. The zero-order chi connectivity index (χ0) is 24.9. The number of anilines is 1. The van der Waals surface area contributed by atoms with Crippen LogP contribution in [0.25, 0.3) is 22.4 Å². The molecule has 1 amide bonds. The van der Waals surface area contributed by atoms with Gasteiger partial charge < -0.3 is 9.15 Å². The van der Waals surface area contributed by atoms with Gasteiger partial charge >= 0.3 is 5.97 Å². The molecule has 1 aliphatic heterocycles. The van der Waals surface area contributed by atoms with E-state index in [9.17, 15) is 9.59 Å². The second-order valence-corrected chi connectivity index (χ2v) is 10.5. The fourth-order valence-electron chi connectivity index (χ4n) is 4.62. The summed E-state index contributed by atoms with van der Waals surface area (Å²) in [6.07, 6.45) is 3.66. The van der Waals surface area contributed by atoms with Gasteiger partial charge in [-0.2, -0.15) is 0 Å². The van der Waals surface area contributed by atoms with Gasteiger partial charge in [0.15, 0.2) is 10.9 Å². The lowest BCUT2D eigenvalue weighted by molar-refractivity contribution is -0.150. The average Bonchev–Trinajstić information content (AvgIpc) is 3.67. The first kappa shape index (κ1) is 24.7. The Morgan fingerprint density at radius 1 is 1.19 bits per heavy atom. The fraction of sp³-hybridized carbons (Fsp3) is 0.370. The van der Waals surface area contributed by atoms with Gasteiger partial charge in [0.05, 0.1) is 11.5 Å². The van der Waals surface area contributed by atoms with Crippen molar-refractivity contribution in [1.82, 2.24) is 9.88 Å². The van der Waals surface area contributed by atoms with Gasteiger partial charge in [0.2, 0.25) is 0 Å². The number of nitrogens with zero attached hydrogens (tertiary/aromatic N) is 3. The Morgan fingerprint density at radius 3 is 2.89 bits per heavy atom. The highest BCUT2D eigenvalue weighted by Crippen LogP contribution is 2.32. The normalized spacial score (nSPS) is 16.3. The quantitative estimate of drug-likeness (QED) is 0.248. The van der Waals surface area contributed by atoms with E-state index in [1.165, 1.54) is 22.7 Å². The molecular formula is C27H29N3O4S2. The van der Waals surface area contributed by atoms with Crippen molar-refractivity contribution >= 4 is 50.7 Å². The Balaban J connectivity index is 1.33. The van der Waals surface area contributed by atoms with Crippen LogP contribution in [0.15, 0.2) is 57.6 Å². The first-order chi connectivity index (χ1) is 17.6. The predicted molar refractivity (Wildman–Crippen MR) is 144 cm³/mol. The number of piperidine rings is 1. The number of esters is 1. The number of thiophene rings is 1. The zero-order valence-corrected chi connectivity index (χ0v) is 21.9. The molecule has 9 heteroatoms. The standard InChI is InChI=1S/C27H29N3O4S2/c1-2-33-26(32)21-10-5-6-13-29(21)14-8-15-30(25(31)24-12-7-16-35-24)27-28-20(18-36-27)23-17-19-9-3-4-11-22(19)34-23/h3-4,7,9,11-12,16-18,21H,2,5-6,8,10,13-15H2,1H3. The van der Waals surface area contributed by atoms with Crippen LogP contribution in [0.1, 0.15) is 42.3 Å². The molecule has 4 heterocycles. The smallest absolute Gasteiger partial charge is 0.323 e. The van der Waals surface area contributed by atoms with Crippen LogP contribution in [0.4, 0.5) is 5.13 Å². The van der Waals surface area contributed by atoms with Crippen LogP contribution in [0.5, 0.6) is 0 Å². The molecule has 0 saturated carbocycles. The van der Waals surface area contributed by atoms with E-state index in [4.69, 9.17) is 14.1 Å². The molecule has 0 radical (unpaired) electrons. The van der Waals surface area contributed by atoms with E-state index >= 15 is 0 Å². The molecule has 1 aliphatic rings. The number of para-hydroxylation sites is 1. The number of fused-ring (bicyclic) bond motifs is 1. The van der Waals surface area contributed by atoms with Crippen LogP contribution in [-0.4, -0.2) is 54.0 Å². The Bertz CT molecular complexity index is 1280. The number of ether oxygens (including phenoxy) is 1. The number of furan rings is 1. The number of carbonyl (C=O) groups excluding carboxylic acids is 2. The van der Waals surface area contributed by atoms with Crippen molar-refractivity contribution in [3.05, 3.63) is 58.1 Å². The van der Waals surface area contributed by atoms with E-state index in [0.29, 0.717) is 34.6 Å². The van der Waals surface area contributed by atoms with E-state index in [-0.39, 0.29) is 17.9 Å². The zero-order valence-electron chi connectivity index (χ0n) is 20.2. The summed E-state index contributed by atoms with van der Waals surface area (Å²) in [5.74, 6) is 0.489. The molecule has 4 aromatic rings. The van der Waals surface area contributed by atoms with Gasteiger partial charge in [0, 0.05) is 23.9 Å². The SMILES string of the molecule is CCOC(=O)C1CCCCN1CCCN(C(=O)c1cccs1)c1nc(-c2cc3ccccc3o2)cs1. The van der Waals surface area contributed by atoms with Gasteiger partial charge in [-0.25, -0.2) is 4.98 Å². The average molecular weight is 524 g/mol. The van der Waals surface area contributed by atoms with Crippen molar-refractivity contribution in [3.8, 4) is 11.5 Å². The summed E-state index contributed by atoms with van der Waals surface area (Å²) >= 11 is 2.86. The van der Waals surface area contributed by atoms with E-state index in [0.717, 1.165) is 49.7 Å². The molecule has 0 N–H and O–H groups in total. The Kier molecular flexibility index (Phi) is 7.79. The van der Waals surface area contributed by atoms with E-state index in [1.807, 2.05) is 60.1 Å². The number of hydrogen-bond acceptors (Lipinski definition) is 8. The molecule has 1 unspecified atom stereocenters. The van der Waals surface area contributed by atoms with Gasteiger partial charge in [-0.15, -0.1) is 22.7 Å². The van der Waals surface area contributed by atoms with Gasteiger partial charge in [-0.1, -0.05) is 30.7 Å². The summed E-state index contributed by atoms with van der Waals surface area (Å²) in [5.41, 5.74) is 1.53. The third-order valence-electron chi connectivity index (χ3n) is 6.38. The van der Waals surface area contributed by atoms with Crippen molar-refractivity contribution in [3.63, 3.8) is 0 Å². The van der Waals surface area contributed by atoms with Gasteiger partial charge in [-0.3, -0.25) is 19.4 Å². The van der Waals surface area contributed by atoms with Crippen molar-refractivity contribution < 1.29 is 18.7 Å². The molecule has 7 nitrogen and oxygen atoms in total. The molecule has 36 heavy (non-hydrogen) atoms. The number of hydrogen-bond donors (Lipinski definition) is 0. The maximum Gasteiger partial charge on any atom is 0.323 e. The fourth-order valence-corrected chi connectivity index (χ4v) is 6.13. The van der Waals surface area contributed by atoms with Crippen molar-refractivity contribution in [1.29, 1.82) is 0 Å². The molecule has 1 atom stereocenters.